The van der Waals surface area contributed by atoms with Gasteiger partial charge in [0.1, 0.15) is 0 Å². The van der Waals surface area contributed by atoms with E-state index in [4.69, 9.17) is 0 Å². The van der Waals surface area contributed by atoms with Gasteiger partial charge in [-0.2, -0.15) is 15.4 Å². The van der Waals surface area contributed by atoms with Crippen molar-refractivity contribution in [2.75, 3.05) is 13.1 Å². The van der Waals surface area contributed by atoms with Crippen LogP contribution in [0.4, 0.5) is 0 Å². The van der Waals surface area contributed by atoms with Crippen molar-refractivity contribution >= 4 is 5.91 Å². The SMILES string of the molecule is O=C(NC1CCN2CCCC12)c1cn[nH]n1. The number of nitrogens with one attached hydrogen (secondary N) is 2. The summed E-state index contributed by atoms with van der Waals surface area (Å²) in [7, 11) is 0. The predicted octanol–water partition coefficient (Wildman–Crippen LogP) is -0.229. The van der Waals surface area contributed by atoms with E-state index in [0.29, 0.717) is 11.7 Å². The van der Waals surface area contributed by atoms with Gasteiger partial charge in [-0.05, 0) is 25.8 Å². The molecule has 2 fully saturated rings. The third-order valence-electron chi connectivity index (χ3n) is 3.57. The molecule has 6 heteroatoms. The Morgan fingerprint density at radius 3 is 3.25 bits per heavy atom. The highest BCUT2D eigenvalue weighted by molar-refractivity contribution is 5.92. The molecule has 3 heterocycles. The van der Waals surface area contributed by atoms with Crippen LogP contribution in [-0.4, -0.2) is 51.4 Å². The zero-order valence-corrected chi connectivity index (χ0v) is 9.02. The topological polar surface area (TPSA) is 73.9 Å². The van der Waals surface area contributed by atoms with Gasteiger partial charge in [0.15, 0.2) is 5.69 Å². The standard InChI is InChI=1S/C10H15N5O/c16-10(8-6-11-14-13-8)12-7-3-5-15-4-1-2-9(7)15/h6-7,9H,1-5H2,(H,12,16)(H,11,13,14). The van der Waals surface area contributed by atoms with Crippen molar-refractivity contribution in [1.82, 2.24) is 25.6 Å². The molecule has 2 aliphatic rings. The highest BCUT2D eigenvalue weighted by Gasteiger charge is 2.37. The molecule has 2 N–H and O–H groups in total. The van der Waals surface area contributed by atoms with E-state index < -0.39 is 0 Å². The minimum absolute atomic E-state index is 0.118. The fraction of sp³-hybridized carbons (Fsp3) is 0.700. The summed E-state index contributed by atoms with van der Waals surface area (Å²) in [4.78, 5) is 14.3. The van der Waals surface area contributed by atoms with E-state index in [1.165, 1.54) is 25.6 Å². The number of nitrogens with zero attached hydrogens (tertiary/aromatic N) is 3. The number of aromatic amines is 1. The fourth-order valence-corrected chi connectivity index (χ4v) is 2.80. The van der Waals surface area contributed by atoms with Crippen molar-refractivity contribution in [2.24, 2.45) is 0 Å². The Bertz CT molecular complexity index is 377. The molecule has 0 bridgehead atoms. The number of carbonyl (C=O) groups excluding carboxylic acids is 1. The van der Waals surface area contributed by atoms with Crippen LogP contribution in [0.1, 0.15) is 29.8 Å². The molecule has 16 heavy (non-hydrogen) atoms. The number of hydrogen-bond acceptors (Lipinski definition) is 4. The Balaban J connectivity index is 1.65. The molecule has 0 aromatic carbocycles. The molecule has 2 atom stereocenters. The zero-order valence-electron chi connectivity index (χ0n) is 9.02. The molecule has 2 saturated heterocycles. The van der Waals surface area contributed by atoms with E-state index in [9.17, 15) is 4.79 Å². The highest BCUT2D eigenvalue weighted by atomic mass is 16.2. The number of fused-ring (bicyclic) bond motifs is 1. The number of H-pyrrole nitrogens is 1. The van der Waals surface area contributed by atoms with Crippen LogP contribution in [0.2, 0.25) is 0 Å². The summed E-state index contributed by atoms with van der Waals surface area (Å²) in [6, 6.07) is 0.822. The van der Waals surface area contributed by atoms with Crippen LogP contribution >= 0.6 is 0 Å². The maximum Gasteiger partial charge on any atom is 0.273 e. The number of aromatic nitrogens is 3. The molecule has 1 aromatic heterocycles. The first kappa shape index (κ1) is 9.77. The Hall–Kier alpha value is -1.43. The van der Waals surface area contributed by atoms with Gasteiger partial charge in [0, 0.05) is 18.6 Å². The predicted molar refractivity (Wildman–Crippen MR) is 56.8 cm³/mol. The normalized spacial score (nSPS) is 29.2. The van der Waals surface area contributed by atoms with Crippen LogP contribution < -0.4 is 5.32 Å². The van der Waals surface area contributed by atoms with Gasteiger partial charge in [-0.25, -0.2) is 0 Å². The summed E-state index contributed by atoms with van der Waals surface area (Å²) in [5.74, 6) is -0.118. The van der Waals surface area contributed by atoms with Gasteiger partial charge < -0.3 is 5.32 Å². The van der Waals surface area contributed by atoms with Gasteiger partial charge in [-0.1, -0.05) is 0 Å². The van der Waals surface area contributed by atoms with Gasteiger partial charge >= 0.3 is 0 Å². The van der Waals surface area contributed by atoms with Gasteiger partial charge in [0.05, 0.1) is 6.20 Å². The number of amides is 1. The molecular formula is C10H15N5O. The van der Waals surface area contributed by atoms with E-state index >= 15 is 0 Å². The molecule has 1 aromatic rings. The summed E-state index contributed by atoms with van der Waals surface area (Å²) in [5.41, 5.74) is 0.372. The van der Waals surface area contributed by atoms with Crippen LogP contribution in [-0.2, 0) is 0 Å². The van der Waals surface area contributed by atoms with Crippen LogP contribution in [0.25, 0.3) is 0 Å². The summed E-state index contributed by atoms with van der Waals surface area (Å²) >= 11 is 0. The molecule has 2 unspecified atom stereocenters. The lowest BCUT2D eigenvalue weighted by molar-refractivity contribution is 0.0924. The third kappa shape index (κ3) is 1.59. The van der Waals surface area contributed by atoms with Crippen LogP contribution in [0.5, 0.6) is 0 Å². The molecule has 86 valence electrons. The average molecular weight is 221 g/mol. The first-order valence-corrected chi connectivity index (χ1v) is 5.75. The van der Waals surface area contributed by atoms with Gasteiger partial charge in [-0.15, -0.1) is 0 Å². The summed E-state index contributed by atoms with van der Waals surface area (Å²) in [5, 5.41) is 12.9. The highest BCUT2D eigenvalue weighted by Crippen LogP contribution is 2.27. The fourth-order valence-electron chi connectivity index (χ4n) is 2.80. The van der Waals surface area contributed by atoms with Gasteiger partial charge in [0.25, 0.3) is 5.91 Å². The molecule has 2 aliphatic heterocycles. The van der Waals surface area contributed by atoms with Gasteiger partial charge in [-0.3, -0.25) is 9.69 Å². The zero-order chi connectivity index (χ0) is 11.0. The van der Waals surface area contributed by atoms with Crippen molar-refractivity contribution in [3.8, 4) is 0 Å². The summed E-state index contributed by atoms with van der Waals surface area (Å²) in [6.07, 6.45) is 4.95. The minimum atomic E-state index is -0.118. The lowest BCUT2D eigenvalue weighted by atomic mass is 10.1. The lowest BCUT2D eigenvalue weighted by Crippen LogP contribution is -2.42. The molecule has 0 saturated carbocycles. The molecule has 0 radical (unpaired) electrons. The molecular weight excluding hydrogens is 206 g/mol. The maximum absolute atomic E-state index is 11.8. The Morgan fingerprint density at radius 1 is 1.50 bits per heavy atom. The van der Waals surface area contributed by atoms with Crippen molar-refractivity contribution in [3.63, 3.8) is 0 Å². The second kappa shape index (κ2) is 3.86. The van der Waals surface area contributed by atoms with Crippen molar-refractivity contribution in [1.29, 1.82) is 0 Å². The van der Waals surface area contributed by atoms with Crippen molar-refractivity contribution in [3.05, 3.63) is 11.9 Å². The second-order valence-corrected chi connectivity index (χ2v) is 4.47. The van der Waals surface area contributed by atoms with Crippen LogP contribution in [0.15, 0.2) is 6.20 Å². The Labute approximate surface area is 93.4 Å². The van der Waals surface area contributed by atoms with Crippen molar-refractivity contribution < 1.29 is 4.79 Å². The van der Waals surface area contributed by atoms with Crippen LogP contribution in [0.3, 0.4) is 0 Å². The Morgan fingerprint density at radius 2 is 2.44 bits per heavy atom. The minimum Gasteiger partial charge on any atom is -0.346 e. The first-order chi connectivity index (χ1) is 7.84. The molecule has 1 amide bonds. The molecule has 0 aliphatic carbocycles. The smallest absolute Gasteiger partial charge is 0.273 e. The van der Waals surface area contributed by atoms with E-state index in [1.807, 2.05) is 0 Å². The van der Waals surface area contributed by atoms with E-state index in [0.717, 1.165) is 13.0 Å². The number of rotatable bonds is 2. The third-order valence-corrected chi connectivity index (χ3v) is 3.57. The van der Waals surface area contributed by atoms with Crippen molar-refractivity contribution in [2.45, 2.75) is 31.3 Å². The first-order valence-electron chi connectivity index (χ1n) is 5.75. The summed E-state index contributed by atoms with van der Waals surface area (Å²) < 4.78 is 0. The number of carbonyl (C=O) groups is 1. The average Bonchev–Trinajstić information content (AvgIpc) is 2.94. The van der Waals surface area contributed by atoms with Crippen LogP contribution in [0, 0.1) is 0 Å². The monoisotopic (exact) mass is 221 g/mol. The van der Waals surface area contributed by atoms with Gasteiger partial charge in [0.2, 0.25) is 0 Å². The Kier molecular flexibility index (Phi) is 2.36. The van der Waals surface area contributed by atoms with E-state index in [-0.39, 0.29) is 11.9 Å². The second-order valence-electron chi connectivity index (χ2n) is 4.47. The lowest BCUT2D eigenvalue weighted by Gasteiger charge is -2.20. The van der Waals surface area contributed by atoms with E-state index in [1.54, 1.807) is 0 Å². The largest absolute Gasteiger partial charge is 0.346 e. The summed E-state index contributed by atoms with van der Waals surface area (Å²) in [6.45, 7) is 2.29. The molecule has 0 spiro atoms. The molecule has 6 nitrogen and oxygen atoms in total. The molecule has 3 rings (SSSR count). The maximum atomic E-state index is 11.8. The van der Waals surface area contributed by atoms with E-state index in [2.05, 4.69) is 25.6 Å². The number of hydrogen-bond donors (Lipinski definition) is 2. The quantitative estimate of drug-likeness (QED) is 0.723.